The molecular formula is C21H29IN4O3. The zero-order valence-electron chi connectivity index (χ0n) is 17.5. The van der Waals surface area contributed by atoms with E-state index in [0.29, 0.717) is 24.5 Å². The second-order valence-electron chi connectivity index (χ2n) is 6.28. The smallest absolute Gasteiger partial charge is 0.221 e. The van der Waals surface area contributed by atoms with E-state index in [1.54, 1.807) is 21.3 Å². The Morgan fingerprint density at radius 2 is 1.79 bits per heavy atom. The lowest BCUT2D eigenvalue weighted by atomic mass is 10.1. The fourth-order valence-electron chi connectivity index (χ4n) is 2.88. The number of aliphatic imine (C=N–C) groups is 1. The number of hydrogen-bond acceptors (Lipinski definition) is 4. The molecule has 0 spiro atoms. The standard InChI is InChI=1S/C21H28N4O3.HI/c1-15(26)24-18-12-16(10-11-20(18)28-5)13-23-21(22-2)25(3)14-17-8-6-7-9-19(17)27-4;/h6-12H,13-14H2,1-5H3,(H,22,23)(H,24,26);1H. The number of para-hydroxylation sites is 1. The molecule has 29 heavy (non-hydrogen) atoms. The summed E-state index contributed by atoms with van der Waals surface area (Å²) in [6.07, 6.45) is 0. The highest BCUT2D eigenvalue weighted by Crippen LogP contribution is 2.25. The maximum absolute atomic E-state index is 11.4. The van der Waals surface area contributed by atoms with Crippen molar-refractivity contribution in [2.75, 3.05) is 33.6 Å². The van der Waals surface area contributed by atoms with Gasteiger partial charge < -0.3 is 25.0 Å². The SMILES string of the molecule is CN=C(NCc1ccc(OC)c(NC(C)=O)c1)N(C)Cc1ccccc1OC.I. The van der Waals surface area contributed by atoms with Crippen LogP contribution in [0.15, 0.2) is 47.5 Å². The van der Waals surface area contributed by atoms with Crippen molar-refractivity contribution < 1.29 is 14.3 Å². The zero-order chi connectivity index (χ0) is 20.5. The third-order valence-electron chi connectivity index (χ3n) is 4.20. The maximum atomic E-state index is 11.4. The first-order chi connectivity index (χ1) is 13.5. The Morgan fingerprint density at radius 3 is 2.41 bits per heavy atom. The summed E-state index contributed by atoms with van der Waals surface area (Å²) in [5.41, 5.74) is 2.72. The molecule has 8 heteroatoms. The molecule has 0 heterocycles. The summed E-state index contributed by atoms with van der Waals surface area (Å²) in [5, 5.41) is 6.13. The Bertz CT molecular complexity index is 842. The minimum Gasteiger partial charge on any atom is -0.496 e. The number of carbonyl (C=O) groups is 1. The molecule has 0 saturated carbocycles. The van der Waals surface area contributed by atoms with Crippen LogP contribution in [-0.2, 0) is 17.9 Å². The van der Waals surface area contributed by atoms with E-state index < -0.39 is 0 Å². The predicted octanol–water partition coefficient (Wildman–Crippen LogP) is 3.49. The lowest BCUT2D eigenvalue weighted by Crippen LogP contribution is -2.38. The molecule has 0 fully saturated rings. The van der Waals surface area contributed by atoms with Crippen LogP contribution in [-0.4, -0.2) is 45.1 Å². The summed E-state index contributed by atoms with van der Waals surface area (Å²) >= 11 is 0. The highest BCUT2D eigenvalue weighted by atomic mass is 127. The van der Waals surface area contributed by atoms with Crippen LogP contribution >= 0.6 is 24.0 Å². The van der Waals surface area contributed by atoms with Crippen molar-refractivity contribution in [3.05, 3.63) is 53.6 Å². The van der Waals surface area contributed by atoms with Gasteiger partial charge >= 0.3 is 0 Å². The van der Waals surface area contributed by atoms with Crippen LogP contribution in [0.25, 0.3) is 0 Å². The first kappa shape index (κ1) is 24.5. The van der Waals surface area contributed by atoms with Crippen LogP contribution < -0.4 is 20.1 Å². The van der Waals surface area contributed by atoms with Crippen molar-refractivity contribution in [2.24, 2.45) is 4.99 Å². The fourth-order valence-corrected chi connectivity index (χ4v) is 2.88. The van der Waals surface area contributed by atoms with Crippen molar-refractivity contribution in [3.8, 4) is 11.5 Å². The number of guanidine groups is 1. The second kappa shape index (κ2) is 12.2. The molecule has 1 amide bonds. The van der Waals surface area contributed by atoms with Gasteiger partial charge in [0, 0.05) is 39.7 Å². The molecule has 0 aromatic heterocycles. The number of amides is 1. The summed E-state index contributed by atoms with van der Waals surface area (Å²) < 4.78 is 10.7. The average Bonchev–Trinajstić information content (AvgIpc) is 2.68. The highest BCUT2D eigenvalue weighted by Gasteiger charge is 2.11. The molecule has 0 atom stereocenters. The molecule has 2 aromatic rings. The summed E-state index contributed by atoms with van der Waals surface area (Å²) in [6.45, 7) is 2.68. The van der Waals surface area contributed by atoms with Crippen molar-refractivity contribution >= 4 is 41.5 Å². The van der Waals surface area contributed by atoms with Gasteiger partial charge in [0.15, 0.2) is 5.96 Å². The number of carbonyl (C=O) groups excluding carboxylic acids is 1. The molecule has 0 aliphatic carbocycles. The van der Waals surface area contributed by atoms with Gasteiger partial charge in [-0.25, -0.2) is 0 Å². The minimum atomic E-state index is -0.143. The molecule has 0 aliphatic rings. The van der Waals surface area contributed by atoms with Crippen molar-refractivity contribution in [3.63, 3.8) is 0 Å². The van der Waals surface area contributed by atoms with Gasteiger partial charge in [-0.2, -0.15) is 0 Å². The van der Waals surface area contributed by atoms with E-state index in [1.807, 2.05) is 54.4 Å². The predicted molar refractivity (Wildman–Crippen MR) is 127 cm³/mol. The van der Waals surface area contributed by atoms with E-state index >= 15 is 0 Å². The molecule has 158 valence electrons. The number of anilines is 1. The molecule has 0 saturated heterocycles. The molecule has 0 unspecified atom stereocenters. The van der Waals surface area contributed by atoms with E-state index in [0.717, 1.165) is 22.8 Å². The van der Waals surface area contributed by atoms with E-state index in [1.165, 1.54) is 6.92 Å². The molecule has 2 aromatic carbocycles. The fraction of sp³-hybridized carbons (Fsp3) is 0.333. The second-order valence-corrected chi connectivity index (χ2v) is 6.28. The summed E-state index contributed by atoms with van der Waals surface area (Å²) in [7, 11) is 6.96. The number of hydrogen-bond donors (Lipinski definition) is 2. The first-order valence-corrected chi connectivity index (χ1v) is 8.96. The number of ether oxygens (including phenoxy) is 2. The Kier molecular flexibility index (Phi) is 10.3. The molecule has 7 nitrogen and oxygen atoms in total. The van der Waals surface area contributed by atoms with Crippen molar-refractivity contribution in [1.29, 1.82) is 0 Å². The van der Waals surface area contributed by atoms with Crippen LogP contribution in [0.3, 0.4) is 0 Å². The lowest BCUT2D eigenvalue weighted by Gasteiger charge is -2.23. The molecule has 0 bridgehead atoms. The van der Waals surface area contributed by atoms with Crippen LogP contribution in [0.1, 0.15) is 18.1 Å². The van der Waals surface area contributed by atoms with Gasteiger partial charge in [-0.1, -0.05) is 24.3 Å². The number of methoxy groups -OCH3 is 2. The minimum absolute atomic E-state index is 0. The summed E-state index contributed by atoms with van der Waals surface area (Å²) in [5.74, 6) is 2.08. The van der Waals surface area contributed by atoms with Crippen molar-refractivity contribution in [1.82, 2.24) is 10.2 Å². The van der Waals surface area contributed by atoms with Gasteiger partial charge in [0.1, 0.15) is 11.5 Å². The number of nitrogens with zero attached hydrogens (tertiary/aromatic N) is 2. The van der Waals surface area contributed by atoms with Gasteiger partial charge in [-0.15, -0.1) is 24.0 Å². The average molecular weight is 512 g/mol. The van der Waals surface area contributed by atoms with Crippen LogP contribution in [0, 0.1) is 0 Å². The summed E-state index contributed by atoms with van der Waals surface area (Å²) in [4.78, 5) is 17.8. The maximum Gasteiger partial charge on any atom is 0.221 e. The van der Waals surface area contributed by atoms with Crippen molar-refractivity contribution in [2.45, 2.75) is 20.0 Å². The van der Waals surface area contributed by atoms with E-state index in [2.05, 4.69) is 15.6 Å². The molecule has 0 radical (unpaired) electrons. The molecule has 0 aliphatic heterocycles. The third-order valence-corrected chi connectivity index (χ3v) is 4.20. The van der Waals surface area contributed by atoms with Crippen LogP contribution in [0.5, 0.6) is 11.5 Å². The first-order valence-electron chi connectivity index (χ1n) is 8.96. The Labute approximate surface area is 189 Å². The van der Waals surface area contributed by atoms with Gasteiger partial charge in [-0.3, -0.25) is 9.79 Å². The number of benzene rings is 2. The number of nitrogens with one attached hydrogen (secondary N) is 2. The Morgan fingerprint density at radius 1 is 1.10 bits per heavy atom. The zero-order valence-corrected chi connectivity index (χ0v) is 19.8. The number of rotatable bonds is 7. The number of halogens is 1. The largest absolute Gasteiger partial charge is 0.496 e. The van der Waals surface area contributed by atoms with Gasteiger partial charge in [0.05, 0.1) is 19.9 Å². The molecular weight excluding hydrogens is 483 g/mol. The quantitative estimate of drug-likeness (QED) is 0.338. The monoisotopic (exact) mass is 512 g/mol. The van der Waals surface area contributed by atoms with Gasteiger partial charge in [0.2, 0.25) is 5.91 Å². The Balaban J connectivity index is 0.00000420. The normalized spacial score (nSPS) is 10.6. The van der Waals surface area contributed by atoms with Gasteiger partial charge in [-0.05, 0) is 23.8 Å². The molecule has 2 rings (SSSR count). The highest BCUT2D eigenvalue weighted by molar-refractivity contribution is 14.0. The van der Waals surface area contributed by atoms with E-state index in [9.17, 15) is 4.79 Å². The van der Waals surface area contributed by atoms with E-state index in [4.69, 9.17) is 9.47 Å². The Hall–Kier alpha value is -2.49. The summed E-state index contributed by atoms with van der Waals surface area (Å²) in [6, 6.07) is 13.6. The third kappa shape index (κ3) is 7.12. The molecule has 2 N–H and O–H groups in total. The lowest BCUT2D eigenvalue weighted by molar-refractivity contribution is -0.114. The van der Waals surface area contributed by atoms with Crippen LogP contribution in [0.2, 0.25) is 0 Å². The van der Waals surface area contributed by atoms with Gasteiger partial charge in [0.25, 0.3) is 0 Å². The topological polar surface area (TPSA) is 75.2 Å². The van der Waals surface area contributed by atoms with Crippen LogP contribution in [0.4, 0.5) is 5.69 Å². The van der Waals surface area contributed by atoms with E-state index in [-0.39, 0.29) is 29.9 Å².